The van der Waals surface area contributed by atoms with Gasteiger partial charge in [-0.2, -0.15) is 0 Å². The van der Waals surface area contributed by atoms with Crippen molar-refractivity contribution in [3.8, 4) is 0 Å². The number of nitrogens with one attached hydrogen (secondary N) is 1. The SMILES string of the molecule is CCCCCCC(NCC)c1cc(C)c(F)cc1F. The standard InChI is InChI=1S/C16H25F2N/c1-4-6-7-8-9-16(19-5-2)13-10-12(3)14(17)11-15(13)18/h10-11,16,19H,4-9H2,1-3H3. The highest BCUT2D eigenvalue weighted by Gasteiger charge is 2.16. The Morgan fingerprint density at radius 2 is 1.79 bits per heavy atom. The minimum atomic E-state index is -0.470. The molecule has 0 saturated carbocycles. The van der Waals surface area contributed by atoms with Crippen molar-refractivity contribution < 1.29 is 8.78 Å². The molecule has 0 radical (unpaired) electrons. The smallest absolute Gasteiger partial charge is 0.130 e. The fourth-order valence-corrected chi connectivity index (χ4v) is 2.34. The van der Waals surface area contributed by atoms with Crippen LogP contribution in [0.25, 0.3) is 0 Å². The fraction of sp³-hybridized carbons (Fsp3) is 0.625. The lowest BCUT2D eigenvalue weighted by atomic mass is 9.97. The third-order valence-electron chi connectivity index (χ3n) is 3.45. The van der Waals surface area contributed by atoms with Crippen molar-refractivity contribution in [1.82, 2.24) is 5.32 Å². The van der Waals surface area contributed by atoms with Gasteiger partial charge in [0.25, 0.3) is 0 Å². The lowest BCUT2D eigenvalue weighted by Gasteiger charge is -2.19. The number of aryl methyl sites for hydroxylation is 1. The molecule has 1 N–H and O–H groups in total. The van der Waals surface area contributed by atoms with E-state index in [-0.39, 0.29) is 6.04 Å². The topological polar surface area (TPSA) is 12.0 Å². The van der Waals surface area contributed by atoms with Crippen LogP contribution in [0.1, 0.15) is 63.1 Å². The zero-order valence-corrected chi connectivity index (χ0v) is 12.2. The Morgan fingerprint density at radius 3 is 2.42 bits per heavy atom. The van der Waals surface area contributed by atoms with Gasteiger partial charge in [0.2, 0.25) is 0 Å². The van der Waals surface area contributed by atoms with Crippen LogP contribution in [-0.4, -0.2) is 6.54 Å². The first kappa shape index (κ1) is 16.1. The third-order valence-corrected chi connectivity index (χ3v) is 3.45. The summed E-state index contributed by atoms with van der Waals surface area (Å²) in [5.74, 6) is -0.910. The summed E-state index contributed by atoms with van der Waals surface area (Å²) in [7, 11) is 0. The van der Waals surface area contributed by atoms with Gasteiger partial charge in [0.15, 0.2) is 0 Å². The minimum absolute atomic E-state index is 0.0128. The first-order chi connectivity index (χ1) is 9.10. The molecule has 1 atom stereocenters. The molecule has 1 nitrogen and oxygen atoms in total. The molecule has 0 heterocycles. The number of unbranched alkanes of at least 4 members (excludes halogenated alkanes) is 3. The third kappa shape index (κ3) is 4.90. The van der Waals surface area contributed by atoms with Crippen molar-refractivity contribution in [2.45, 2.75) is 58.9 Å². The van der Waals surface area contributed by atoms with Crippen LogP contribution in [0, 0.1) is 18.6 Å². The van der Waals surface area contributed by atoms with E-state index in [0.29, 0.717) is 11.1 Å². The highest BCUT2D eigenvalue weighted by atomic mass is 19.1. The lowest BCUT2D eigenvalue weighted by molar-refractivity contribution is 0.457. The molecule has 1 aromatic rings. The van der Waals surface area contributed by atoms with Gasteiger partial charge in [0.1, 0.15) is 11.6 Å². The number of hydrogen-bond acceptors (Lipinski definition) is 1. The normalized spacial score (nSPS) is 12.7. The van der Waals surface area contributed by atoms with E-state index in [1.54, 1.807) is 13.0 Å². The summed E-state index contributed by atoms with van der Waals surface area (Å²) in [6.07, 6.45) is 5.54. The van der Waals surface area contributed by atoms with Crippen molar-refractivity contribution in [2.75, 3.05) is 6.54 Å². The summed E-state index contributed by atoms with van der Waals surface area (Å²) in [5, 5.41) is 3.30. The molecule has 19 heavy (non-hydrogen) atoms. The predicted molar refractivity (Wildman–Crippen MR) is 76.3 cm³/mol. The van der Waals surface area contributed by atoms with Gasteiger partial charge in [-0.05, 0) is 31.5 Å². The lowest BCUT2D eigenvalue weighted by Crippen LogP contribution is -2.22. The maximum atomic E-state index is 13.9. The second kappa shape index (κ2) is 8.26. The average molecular weight is 269 g/mol. The van der Waals surface area contributed by atoms with E-state index in [9.17, 15) is 8.78 Å². The van der Waals surface area contributed by atoms with Crippen LogP contribution in [0.4, 0.5) is 8.78 Å². The number of halogens is 2. The van der Waals surface area contributed by atoms with E-state index in [0.717, 1.165) is 25.5 Å². The van der Waals surface area contributed by atoms with Gasteiger partial charge in [-0.15, -0.1) is 0 Å². The fourth-order valence-electron chi connectivity index (χ4n) is 2.34. The van der Waals surface area contributed by atoms with E-state index in [1.807, 2.05) is 6.92 Å². The van der Waals surface area contributed by atoms with Crippen LogP contribution in [0.5, 0.6) is 0 Å². The molecule has 0 amide bonds. The van der Waals surface area contributed by atoms with Crippen LogP contribution in [0.15, 0.2) is 12.1 Å². The van der Waals surface area contributed by atoms with Gasteiger partial charge in [0.05, 0.1) is 0 Å². The van der Waals surface area contributed by atoms with Crippen molar-refractivity contribution in [1.29, 1.82) is 0 Å². The van der Waals surface area contributed by atoms with Crippen molar-refractivity contribution >= 4 is 0 Å². The van der Waals surface area contributed by atoms with Gasteiger partial charge in [-0.25, -0.2) is 8.78 Å². The summed E-state index contributed by atoms with van der Waals surface area (Å²) in [4.78, 5) is 0. The summed E-state index contributed by atoms with van der Waals surface area (Å²) in [6, 6.07) is 2.62. The van der Waals surface area contributed by atoms with Crippen LogP contribution in [0.3, 0.4) is 0 Å². The Hall–Kier alpha value is -0.960. The molecule has 0 bridgehead atoms. The molecule has 1 unspecified atom stereocenters. The molecule has 0 aliphatic rings. The molecule has 1 aromatic carbocycles. The highest BCUT2D eigenvalue weighted by Crippen LogP contribution is 2.25. The number of hydrogen-bond donors (Lipinski definition) is 1. The summed E-state index contributed by atoms with van der Waals surface area (Å²) in [6.45, 7) is 6.64. The Kier molecular flexibility index (Phi) is 7.00. The van der Waals surface area contributed by atoms with Crippen LogP contribution in [0.2, 0.25) is 0 Å². The Bertz CT molecular complexity index is 391. The Labute approximate surface area is 115 Å². The first-order valence-corrected chi connectivity index (χ1v) is 7.29. The minimum Gasteiger partial charge on any atom is -0.310 e. The molecule has 1 rings (SSSR count). The number of benzene rings is 1. The molecular formula is C16H25F2N. The highest BCUT2D eigenvalue weighted by molar-refractivity contribution is 5.28. The van der Waals surface area contributed by atoms with Gasteiger partial charge < -0.3 is 5.32 Å². The summed E-state index contributed by atoms with van der Waals surface area (Å²) < 4.78 is 27.2. The predicted octanol–water partition coefficient (Wildman–Crippen LogP) is 4.89. The summed E-state index contributed by atoms with van der Waals surface area (Å²) in [5.41, 5.74) is 1.10. The van der Waals surface area contributed by atoms with Gasteiger partial charge in [-0.3, -0.25) is 0 Å². The van der Waals surface area contributed by atoms with Crippen molar-refractivity contribution in [3.05, 3.63) is 34.9 Å². The van der Waals surface area contributed by atoms with Crippen LogP contribution in [-0.2, 0) is 0 Å². The van der Waals surface area contributed by atoms with Crippen LogP contribution < -0.4 is 5.32 Å². The van der Waals surface area contributed by atoms with Gasteiger partial charge >= 0.3 is 0 Å². The van der Waals surface area contributed by atoms with Crippen molar-refractivity contribution in [2.24, 2.45) is 0 Å². The molecular weight excluding hydrogens is 244 g/mol. The molecule has 0 aliphatic carbocycles. The van der Waals surface area contributed by atoms with E-state index in [4.69, 9.17) is 0 Å². The molecule has 0 saturated heterocycles. The zero-order valence-electron chi connectivity index (χ0n) is 12.2. The van der Waals surface area contributed by atoms with E-state index in [2.05, 4.69) is 12.2 Å². The number of rotatable bonds is 8. The molecule has 0 aromatic heterocycles. The zero-order chi connectivity index (χ0) is 14.3. The Balaban J connectivity index is 2.77. The van der Waals surface area contributed by atoms with E-state index in [1.165, 1.54) is 19.3 Å². The second-order valence-electron chi connectivity index (χ2n) is 5.08. The molecule has 0 spiro atoms. The van der Waals surface area contributed by atoms with Crippen LogP contribution >= 0.6 is 0 Å². The largest absolute Gasteiger partial charge is 0.310 e. The molecule has 108 valence electrons. The van der Waals surface area contributed by atoms with E-state index >= 15 is 0 Å². The second-order valence-corrected chi connectivity index (χ2v) is 5.08. The average Bonchev–Trinajstić information content (AvgIpc) is 2.38. The quantitative estimate of drug-likeness (QED) is 0.662. The van der Waals surface area contributed by atoms with E-state index < -0.39 is 11.6 Å². The molecule has 0 fully saturated rings. The van der Waals surface area contributed by atoms with Gasteiger partial charge in [-0.1, -0.05) is 39.5 Å². The molecule has 3 heteroatoms. The maximum absolute atomic E-state index is 13.9. The Morgan fingerprint density at radius 1 is 1.05 bits per heavy atom. The first-order valence-electron chi connectivity index (χ1n) is 7.29. The maximum Gasteiger partial charge on any atom is 0.130 e. The van der Waals surface area contributed by atoms with Crippen molar-refractivity contribution in [3.63, 3.8) is 0 Å². The van der Waals surface area contributed by atoms with Gasteiger partial charge in [0, 0.05) is 17.7 Å². The molecule has 0 aliphatic heterocycles. The monoisotopic (exact) mass is 269 g/mol. The summed E-state index contributed by atoms with van der Waals surface area (Å²) >= 11 is 0.